The van der Waals surface area contributed by atoms with E-state index in [1.54, 1.807) is 42.2 Å². The third kappa shape index (κ3) is 4.29. The van der Waals surface area contributed by atoms with Gasteiger partial charge >= 0.3 is 11.8 Å². The van der Waals surface area contributed by atoms with Crippen molar-refractivity contribution in [1.29, 1.82) is 0 Å². The van der Waals surface area contributed by atoms with E-state index in [0.29, 0.717) is 35.7 Å². The second-order valence-corrected chi connectivity index (χ2v) is 9.65. The van der Waals surface area contributed by atoms with Gasteiger partial charge in [0.25, 0.3) is 0 Å². The van der Waals surface area contributed by atoms with Crippen LogP contribution in [0.25, 0.3) is 11.4 Å². The molecule has 5 rings (SSSR count). The SMILES string of the molecule is Cc1ccc(-c2noc(C(=O)N3CCCC3)n2)cc1S(=O)(=O)NCc1ccc2c(c1)OCO2. The average Bonchev–Trinajstić information content (AvgIpc) is 3.59. The van der Waals surface area contributed by atoms with E-state index in [0.717, 1.165) is 18.4 Å². The first kappa shape index (κ1) is 21.4. The maximum atomic E-state index is 13.0. The number of amides is 1. The van der Waals surface area contributed by atoms with Crippen LogP contribution in [0.15, 0.2) is 45.8 Å². The van der Waals surface area contributed by atoms with Gasteiger partial charge in [0.05, 0.1) is 4.90 Å². The first-order chi connectivity index (χ1) is 15.9. The summed E-state index contributed by atoms with van der Waals surface area (Å²) in [7, 11) is -3.84. The molecule has 10 nitrogen and oxygen atoms in total. The molecule has 1 fully saturated rings. The zero-order chi connectivity index (χ0) is 23.0. The summed E-state index contributed by atoms with van der Waals surface area (Å²) in [5, 5.41) is 3.88. The number of benzene rings is 2. The minimum atomic E-state index is -3.84. The normalized spacial score (nSPS) is 15.2. The molecule has 33 heavy (non-hydrogen) atoms. The van der Waals surface area contributed by atoms with Crippen LogP contribution in [-0.4, -0.2) is 49.2 Å². The third-order valence-corrected chi connectivity index (χ3v) is 7.18. The fraction of sp³-hybridized carbons (Fsp3) is 0.318. The molecule has 3 aromatic rings. The zero-order valence-electron chi connectivity index (χ0n) is 17.9. The van der Waals surface area contributed by atoms with Crippen LogP contribution in [0.5, 0.6) is 11.5 Å². The number of nitrogens with one attached hydrogen (secondary N) is 1. The standard InChI is InChI=1S/C22H22N4O6S/c1-14-4-6-16(20-24-21(32-25-20)22(27)26-8-2-3-9-26)11-19(14)33(28,29)23-12-15-5-7-17-18(10-15)31-13-30-17/h4-7,10-11,23H,2-3,8-9,12-13H2,1H3. The number of rotatable bonds is 6. The first-order valence-electron chi connectivity index (χ1n) is 10.5. The highest BCUT2D eigenvalue weighted by Gasteiger charge is 2.26. The molecular formula is C22H22N4O6S. The van der Waals surface area contributed by atoms with Crippen molar-refractivity contribution in [3.05, 3.63) is 53.4 Å². The number of carbonyl (C=O) groups excluding carboxylic acids is 1. The van der Waals surface area contributed by atoms with Gasteiger partial charge in [0.1, 0.15) is 0 Å². The van der Waals surface area contributed by atoms with Crippen molar-refractivity contribution in [3.8, 4) is 22.9 Å². The van der Waals surface area contributed by atoms with Crippen molar-refractivity contribution in [1.82, 2.24) is 19.8 Å². The number of nitrogens with zero attached hydrogens (tertiary/aromatic N) is 3. The van der Waals surface area contributed by atoms with E-state index in [1.165, 1.54) is 6.07 Å². The predicted molar refractivity (Wildman–Crippen MR) is 116 cm³/mol. The lowest BCUT2D eigenvalue weighted by atomic mass is 10.1. The minimum Gasteiger partial charge on any atom is -0.454 e. The Morgan fingerprint density at radius 1 is 1.09 bits per heavy atom. The Kier molecular flexibility index (Phi) is 5.51. The van der Waals surface area contributed by atoms with Crippen molar-refractivity contribution in [3.63, 3.8) is 0 Å². The maximum absolute atomic E-state index is 13.0. The van der Waals surface area contributed by atoms with Crippen LogP contribution < -0.4 is 14.2 Å². The summed E-state index contributed by atoms with van der Waals surface area (Å²) < 4.78 is 44.5. The second-order valence-electron chi connectivity index (χ2n) is 7.91. The Morgan fingerprint density at radius 2 is 1.88 bits per heavy atom. The molecule has 3 heterocycles. The molecule has 1 N–H and O–H groups in total. The third-order valence-electron chi connectivity index (χ3n) is 5.64. The van der Waals surface area contributed by atoms with Crippen molar-refractivity contribution in [2.24, 2.45) is 0 Å². The quantitative estimate of drug-likeness (QED) is 0.583. The molecule has 1 aromatic heterocycles. The molecule has 0 bridgehead atoms. The molecule has 172 valence electrons. The van der Waals surface area contributed by atoms with E-state index < -0.39 is 10.0 Å². The van der Waals surface area contributed by atoms with Gasteiger partial charge < -0.3 is 18.9 Å². The van der Waals surface area contributed by atoms with E-state index in [2.05, 4.69) is 14.9 Å². The van der Waals surface area contributed by atoms with Crippen LogP contribution in [0.2, 0.25) is 0 Å². The highest BCUT2D eigenvalue weighted by atomic mass is 32.2. The van der Waals surface area contributed by atoms with Gasteiger partial charge in [-0.15, -0.1) is 0 Å². The van der Waals surface area contributed by atoms with Gasteiger partial charge in [-0.25, -0.2) is 13.1 Å². The average molecular weight is 471 g/mol. The molecular weight excluding hydrogens is 448 g/mol. The Labute approximate surface area is 190 Å². The Bertz CT molecular complexity index is 1310. The smallest absolute Gasteiger partial charge is 0.316 e. The number of hydrogen-bond donors (Lipinski definition) is 1. The molecule has 0 spiro atoms. The number of sulfonamides is 1. The van der Waals surface area contributed by atoms with E-state index in [1.807, 2.05) is 0 Å². The monoisotopic (exact) mass is 470 g/mol. The van der Waals surface area contributed by atoms with E-state index in [4.69, 9.17) is 14.0 Å². The Hall–Kier alpha value is -3.44. The predicted octanol–water partition coefficient (Wildman–Crippen LogP) is 2.49. The molecule has 1 saturated heterocycles. The molecule has 0 aliphatic carbocycles. The lowest BCUT2D eigenvalue weighted by Crippen LogP contribution is -2.27. The number of carbonyl (C=O) groups is 1. The Morgan fingerprint density at radius 3 is 2.70 bits per heavy atom. The summed E-state index contributed by atoms with van der Waals surface area (Å²) in [5.41, 5.74) is 1.74. The summed E-state index contributed by atoms with van der Waals surface area (Å²) in [6, 6.07) is 10.1. The van der Waals surface area contributed by atoms with Gasteiger partial charge in [0.2, 0.25) is 22.6 Å². The number of fused-ring (bicyclic) bond motifs is 1. The fourth-order valence-electron chi connectivity index (χ4n) is 3.82. The maximum Gasteiger partial charge on any atom is 0.316 e. The minimum absolute atomic E-state index is 0.0827. The van der Waals surface area contributed by atoms with Crippen molar-refractivity contribution < 1.29 is 27.2 Å². The molecule has 11 heteroatoms. The molecule has 2 aromatic carbocycles. The first-order valence-corrected chi connectivity index (χ1v) is 12.0. The summed E-state index contributed by atoms with van der Waals surface area (Å²) in [4.78, 5) is 18.4. The molecule has 0 saturated carbocycles. The van der Waals surface area contributed by atoms with Gasteiger partial charge in [-0.1, -0.05) is 23.4 Å². The molecule has 0 atom stereocenters. The van der Waals surface area contributed by atoms with Gasteiger partial charge in [-0.05, 0) is 49.1 Å². The number of ether oxygens (including phenoxy) is 2. The zero-order valence-corrected chi connectivity index (χ0v) is 18.7. The number of aromatic nitrogens is 2. The fourth-order valence-corrected chi connectivity index (χ4v) is 5.11. The topological polar surface area (TPSA) is 124 Å². The van der Waals surface area contributed by atoms with Crippen LogP contribution in [0.3, 0.4) is 0 Å². The largest absolute Gasteiger partial charge is 0.454 e. The van der Waals surface area contributed by atoms with Crippen LogP contribution in [0.4, 0.5) is 0 Å². The number of aryl methyl sites for hydroxylation is 1. The van der Waals surface area contributed by atoms with Crippen LogP contribution >= 0.6 is 0 Å². The van der Waals surface area contributed by atoms with E-state index in [9.17, 15) is 13.2 Å². The van der Waals surface area contributed by atoms with Crippen molar-refractivity contribution in [2.45, 2.75) is 31.2 Å². The molecule has 1 amide bonds. The van der Waals surface area contributed by atoms with E-state index in [-0.39, 0.29) is 35.9 Å². The van der Waals surface area contributed by atoms with Crippen LogP contribution in [0.1, 0.15) is 34.7 Å². The second kappa shape index (κ2) is 8.49. The number of likely N-dealkylation sites (tertiary alicyclic amines) is 1. The molecule has 0 radical (unpaired) electrons. The molecule has 2 aliphatic rings. The van der Waals surface area contributed by atoms with Gasteiger partial charge in [-0.2, -0.15) is 4.98 Å². The van der Waals surface area contributed by atoms with Gasteiger partial charge in [0.15, 0.2) is 11.5 Å². The lowest BCUT2D eigenvalue weighted by molar-refractivity contribution is 0.0743. The summed E-state index contributed by atoms with van der Waals surface area (Å²) >= 11 is 0. The van der Waals surface area contributed by atoms with Crippen LogP contribution in [-0.2, 0) is 16.6 Å². The van der Waals surface area contributed by atoms with Crippen molar-refractivity contribution >= 4 is 15.9 Å². The number of hydrogen-bond acceptors (Lipinski definition) is 8. The lowest BCUT2D eigenvalue weighted by Gasteiger charge is -2.11. The summed E-state index contributed by atoms with van der Waals surface area (Å²) in [6.07, 6.45) is 1.90. The van der Waals surface area contributed by atoms with Crippen LogP contribution in [0, 0.1) is 6.92 Å². The van der Waals surface area contributed by atoms with Gasteiger partial charge in [0, 0.05) is 25.2 Å². The summed E-state index contributed by atoms with van der Waals surface area (Å²) in [5.74, 6) is 0.966. The molecule has 0 unspecified atom stereocenters. The highest BCUT2D eigenvalue weighted by Crippen LogP contribution is 2.32. The van der Waals surface area contributed by atoms with Crippen molar-refractivity contribution in [2.75, 3.05) is 19.9 Å². The highest BCUT2D eigenvalue weighted by molar-refractivity contribution is 7.89. The van der Waals surface area contributed by atoms with E-state index >= 15 is 0 Å². The molecule has 2 aliphatic heterocycles. The van der Waals surface area contributed by atoms with Gasteiger partial charge in [-0.3, -0.25) is 4.79 Å². The Balaban J connectivity index is 1.35. The summed E-state index contributed by atoms with van der Waals surface area (Å²) in [6.45, 7) is 3.27.